The summed E-state index contributed by atoms with van der Waals surface area (Å²) in [5.74, 6) is -0.747. The van der Waals surface area contributed by atoms with Crippen LogP contribution in [-0.2, 0) is 14.6 Å². The van der Waals surface area contributed by atoms with E-state index < -0.39 is 20.4 Å². The number of amides is 2. The van der Waals surface area contributed by atoms with Crippen molar-refractivity contribution in [1.82, 2.24) is 10.6 Å². The Kier molecular flexibility index (Phi) is 5.55. The van der Waals surface area contributed by atoms with E-state index in [-0.39, 0.29) is 35.1 Å². The Labute approximate surface area is 158 Å². The number of nitrogens with one attached hydrogen (secondary N) is 2. The first-order valence-corrected chi connectivity index (χ1v) is 11.0. The van der Waals surface area contributed by atoms with Gasteiger partial charge in [0.15, 0.2) is 9.84 Å². The molecular formula is C19H25FN2O4S. The zero-order valence-electron chi connectivity index (χ0n) is 15.3. The average molecular weight is 396 g/mol. The highest BCUT2D eigenvalue weighted by Gasteiger charge is 2.56. The van der Waals surface area contributed by atoms with Gasteiger partial charge in [-0.05, 0) is 49.8 Å². The first-order chi connectivity index (χ1) is 12.7. The molecule has 1 unspecified atom stereocenters. The standard InChI is InChI=1S/C19H25FN2O4S/c1-2-17(23)22-16-6-7-27(25,26)19(11-16)9-13(10-19)12-21-18(24)14-4-3-5-15(20)8-14/h3-5,8,13,16H,2,6-7,9-12H2,1H3,(H,21,24)(H,22,23). The molecule has 1 aromatic rings. The highest BCUT2D eigenvalue weighted by atomic mass is 32.2. The predicted octanol–water partition coefficient (Wildman–Crippen LogP) is 1.81. The Bertz CT molecular complexity index is 834. The molecule has 6 nitrogen and oxygen atoms in total. The first kappa shape index (κ1) is 19.8. The second-order valence-corrected chi connectivity index (χ2v) is 10.1. The van der Waals surface area contributed by atoms with Crippen LogP contribution >= 0.6 is 0 Å². The van der Waals surface area contributed by atoms with Crippen LogP contribution in [0.4, 0.5) is 4.39 Å². The molecule has 1 aromatic carbocycles. The maximum absolute atomic E-state index is 13.2. The first-order valence-electron chi connectivity index (χ1n) is 9.30. The van der Waals surface area contributed by atoms with Crippen molar-refractivity contribution in [2.75, 3.05) is 12.3 Å². The summed E-state index contributed by atoms with van der Waals surface area (Å²) >= 11 is 0. The van der Waals surface area contributed by atoms with Crippen LogP contribution in [0.25, 0.3) is 0 Å². The SMILES string of the molecule is CCC(=O)NC1CCS(=O)(=O)C2(CC(CNC(=O)c3cccc(F)c3)C2)C1. The number of carbonyl (C=O) groups excluding carboxylic acids is 2. The summed E-state index contributed by atoms with van der Waals surface area (Å²) < 4.78 is 37.6. The molecule has 1 aliphatic heterocycles. The van der Waals surface area contributed by atoms with Crippen LogP contribution in [0.3, 0.4) is 0 Å². The van der Waals surface area contributed by atoms with Crippen LogP contribution in [0.5, 0.6) is 0 Å². The van der Waals surface area contributed by atoms with Gasteiger partial charge >= 0.3 is 0 Å². The minimum Gasteiger partial charge on any atom is -0.353 e. The van der Waals surface area contributed by atoms with Crippen molar-refractivity contribution < 1.29 is 22.4 Å². The summed E-state index contributed by atoms with van der Waals surface area (Å²) in [4.78, 5) is 23.7. The minimum absolute atomic E-state index is 0.0623. The summed E-state index contributed by atoms with van der Waals surface area (Å²) in [5.41, 5.74) is 0.247. The summed E-state index contributed by atoms with van der Waals surface area (Å²) in [6.07, 6.45) is 2.24. The van der Waals surface area contributed by atoms with Crippen molar-refractivity contribution in [3.8, 4) is 0 Å². The fourth-order valence-electron chi connectivity index (χ4n) is 4.17. The number of carbonyl (C=O) groups is 2. The van der Waals surface area contributed by atoms with E-state index >= 15 is 0 Å². The third kappa shape index (κ3) is 4.15. The summed E-state index contributed by atoms with van der Waals surface area (Å²) in [6.45, 7) is 2.13. The third-order valence-corrected chi connectivity index (χ3v) is 8.25. The number of sulfone groups is 1. The third-order valence-electron chi connectivity index (χ3n) is 5.66. The van der Waals surface area contributed by atoms with Crippen molar-refractivity contribution in [2.45, 2.75) is 49.8 Å². The molecule has 0 radical (unpaired) electrons. The fraction of sp³-hybridized carbons (Fsp3) is 0.579. The number of rotatable bonds is 5. The summed E-state index contributed by atoms with van der Waals surface area (Å²) in [5, 5.41) is 5.67. The molecule has 1 saturated heterocycles. The Balaban J connectivity index is 1.55. The minimum atomic E-state index is -3.20. The average Bonchev–Trinajstić information content (AvgIpc) is 2.59. The predicted molar refractivity (Wildman–Crippen MR) is 99.4 cm³/mol. The van der Waals surface area contributed by atoms with Gasteiger partial charge in [-0.25, -0.2) is 12.8 Å². The molecule has 2 amide bonds. The molecule has 2 N–H and O–H groups in total. The molecule has 8 heteroatoms. The van der Waals surface area contributed by atoms with E-state index in [4.69, 9.17) is 0 Å². The lowest BCUT2D eigenvalue weighted by Gasteiger charge is -2.51. The van der Waals surface area contributed by atoms with Crippen LogP contribution in [-0.4, -0.2) is 43.3 Å². The van der Waals surface area contributed by atoms with Gasteiger partial charge in [0.05, 0.1) is 10.5 Å². The molecule has 1 spiro atoms. The zero-order valence-corrected chi connectivity index (χ0v) is 16.1. The molecule has 1 atom stereocenters. The molecular weight excluding hydrogens is 371 g/mol. The van der Waals surface area contributed by atoms with Crippen LogP contribution in [0.1, 0.15) is 49.4 Å². The molecule has 1 saturated carbocycles. The largest absolute Gasteiger partial charge is 0.353 e. The maximum atomic E-state index is 13.2. The number of halogens is 1. The van der Waals surface area contributed by atoms with E-state index in [0.29, 0.717) is 38.6 Å². The zero-order chi connectivity index (χ0) is 19.7. The number of hydrogen-bond donors (Lipinski definition) is 2. The summed E-state index contributed by atoms with van der Waals surface area (Å²) in [6, 6.07) is 5.34. The molecule has 2 aliphatic rings. The van der Waals surface area contributed by atoms with Crippen molar-refractivity contribution in [2.24, 2.45) is 5.92 Å². The lowest BCUT2D eigenvalue weighted by atomic mass is 9.70. The van der Waals surface area contributed by atoms with Gasteiger partial charge in [0.1, 0.15) is 5.82 Å². The van der Waals surface area contributed by atoms with Crippen LogP contribution < -0.4 is 10.6 Å². The van der Waals surface area contributed by atoms with Gasteiger partial charge in [0.25, 0.3) is 5.91 Å². The Morgan fingerprint density at radius 3 is 2.67 bits per heavy atom. The van der Waals surface area contributed by atoms with Gasteiger partial charge in [0, 0.05) is 24.6 Å². The normalized spacial score (nSPS) is 29.0. The second kappa shape index (κ2) is 7.58. The van der Waals surface area contributed by atoms with E-state index in [1.807, 2.05) is 0 Å². The summed E-state index contributed by atoms with van der Waals surface area (Å²) in [7, 11) is -3.20. The van der Waals surface area contributed by atoms with Crippen LogP contribution in [0.2, 0.25) is 0 Å². The lowest BCUT2D eigenvalue weighted by Crippen LogP contribution is -2.60. The van der Waals surface area contributed by atoms with Gasteiger partial charge < -0.3 is 10.6 Å². The fourth-order valence-corrected chi connectivity index (χ4v) is 6.63. The molecule has 2 fully saturated rings. The van der Waals surface area contributed by atoms with E-state index in [9.17, 15) is 22.4 Å². The van der Waals surface area contributed by atoms with Crippen molar-refractivity contribution >= 4 is 21.7 Å². The van der Waals surface area contributed by atoms with E-state index in [0.717, 1.165) is 0 Å². The Morgan fingerprint density at radius 2 is 2.00 bits per heavy atom. The molecule has 27 heavy (non-hydrogen) atoms. The van der Waals surface area contributed by atoms with Crippen LogP contribution in [0, 0.1) is 11.7 Å². The number of benzene rings is 1. The molecule has 0 aromatic heterocycles. The van der Waals surface area contributed by atoms with Crippen molar-refractivity contribution in [1.29, 1.82) is 0 Å². The van der Waals surface area contributed by atoms with Gasteiger partial charge in [-0.2, -0.15) is 0 Å². The maximum Gasteiger partial charge on any atom is 0.251 e. The highest BCUT2D eigenvalue weighted by Crippen LogP contribution is 2.49. The lowest BCUT2D eigenvalue weighted by molar-refractivity contribution is -0.121. The van der Waals surface area contributed by atoms with Gasteiger partial charge in [0.2, 0.25) is 5.91 Å². The number of hydrogen-bond acceptors (Lipinski definition) is 4. The van der Waals surface area contributed by atoms with E-state index in [1.165, 1.54) is 24.3 Å². The molecule has 3 rings (SSSR count). The van der Waals surface area contributed by atoms with E-state index in [2.05, 4.69) is 10.6 Å². The quantitative estimate of drug-likeness (QED) is 0.794. The molecule has 1 heterocycles. The monoisotopic (exact) mass is 396 g/mol. The van der Waals surface area contributed by atoms with Crippen LogP contribution in [0.15, 0.2) is 24.3 Å². The van der Waals surface area contributed by atoms with E-state index in [1.54, 1.807) is 6.92 Å². The van der Waals surface area contributed by atoms with Gasteiger partial charge in [-0.3, -0.25) is 9.59 Å². The topological polar surface area (TPSA) is 92.3 Å². The molecule has 148 valence electrons. The highest BCUT2D eigenvalue weighted by molar-refractivity contribution is 7.92. The van der Waals surface area contributed by atoms with Crippen molar-refractivity contribution in [3.05, 3.63) is 35.6 Å². The molecule has 1 aliphatic carbocycles. The van der Waals surface area contributed by atoms with Gasteiger partial charge in [-0.15, -0.1) is 0 Å². The smallest absolute Gasteiger partial charge is 0.251 e. The Morgan fingerprint density at radius 1 is 1.26 bits per heavy atom. The second-order valence-electron chi connectivity index (χ2n) is 7.61. The van der Waals surface area contributed by atoms with Crippen molar-refractivity contribution in [3.63, 3.8) is 0 Å². The van der Waals surface area contributed by atoms with Gasteiger partial charge in [-0.1, -0.05) is 13.0 Å². The molecule has 0 bridgehead atoms. The Hall–Kier alpha value is -1.96.